The number of aliphatic hydroxyl groups excluding tert-OH is 1. The second-order valence-electron chi connectivity index (χ2n) is 5.06. The molecule has 0 radical (unpaired) electrons. The van der Waals surface area contributed by atoms with Gasteiger partial charge in [0.25, 0.3) is 0 Å². The highest BCUT2D eigenvalue weighted by Gasteiger charge is 2.31. The topological polar surface area (TPSA) is 32.3 Å². The van der Waals surface area contributed by atoms with Gasteiger partial charge in [0.05, 0.1) is 6.61 Å². The zero-order valence-corrected chi connectivity index (χ0v) is 9.14. The number of aliphatic hydroxyl groups is 1. The molecule has 78 valence electrons. The number of nitrogens with one attached hydrogen (secondary N) is 1. The largest absolute Gasteiger partial charge is 0.395 e. The molecular formula is C11H23NO. The Labute approximate surface area is 81.7 Å². The average Bonchev–Trinajstić information content (AvgIpc) is 2.41. The Balaban J connectivity index is 2.31. The fourth-order valence-corrected chi connectivity index (χ4v) is 2.21. The molecule has 2 heteroatoms. The van der Waals surface area contributed by atoms with Gasteiger partial charge in [0.2, 0.25) is 0 Å². The van der Waals surface area contributed by atoms with Crippen molar-refractivity contribution in [1.82, 2.24) is 5.32 Å². The lowest BCUT2D eigenvalue weighted by atomic mass is 9.92. The first kappa shape index (κ1) is 11.0. The lowest BCUT2D eigenvalue weighted by molar-refractivity contribution is 0.224. The van der Waals surface area contributed by atoms with Crippen LogP contribution in [0.4, 0.5) is 0 Å². The predicted molar refractivity (Wildman–Crippen MR) is 55.7 cm³/mol. The van der Waals surface area contributed by atoms with E-state index in [2.05, 4.69) is 26.1 Å². The van der Waals surface area contributed by atoms with E-state index >= 15 is 0 Å². The minimum atomic E-state index is 0.271. The summed E-state index contributed by atoms with van der Waals surface area (Å²) in [5.74, 6) is 0. The highest BCUT2D eigenvalue weighted by atomic mass is 16.3. The first-order chi connectivity index (χ1) is 6.07. The smallest absolute Gasteiger partial charge is 0.0584 e. The van der Waals surface area contributed by atoms with E-state index < -0.39 is 0 Å². The Morgan fingerprint density at radius 2 is 2.23 bits per heavy atom. The van der Waals surface area contributed by atoms with Crippen molar-refractivity contribution in [2.24, 2.45) is 5.41 Å². The summed E-state index contributed by atoms with van der Waals surface area (Å²) in [5, 5.41) is 12.6. The second-order valence-corrected chi connectivity index (χ2v) is 5.06. The molecule has 0 aromatic rings. The van der Waals surface area contributed by atoms with Gasteiger partial charge in [-0.25, -0.2) is 0 Å². The molecule has 0 heterocycles. The Kier molecular flexibility index (Phi) is 3.74. The minimum Gasteiger partial charge on any atom is -0.395 e. The van der Waals surface area contributed by atoms with Crippen LogP contribution in [0.3, 0.4) is 0 Å². The fraction of sp³-hybridized carbons (Fsp3) is 1.00. The van der Waals surface area contributed by atoms with Crippen LogP contribution in [0, 0.1) is 5.41 Å². The molecule has 13 heavy (non-hydrogen) atoms. The zero-order chi connectivity index (χ0) is 9.90. The van der Waals surface area contributed by atoms with Crippen molar-refractivity contribution in [3.05, 3.63) is 0 Å². The van der Waals surface area contributed by atoms with Crippen LogP contribution in [0.15, 0.2) is 0 Å². The molecule has 0 aromatic heterocycles. The summed E-state index contributed by atoms with van der Waals surface area (Å²) in [6, 6.07) is 0.936. The van der Waals surface area contributed by atoms with Gasteiger partial charge in [0, 0.05) is 12.1 Å². The van der Waals surface area contributed by atoms with E-state index in [0.29, 0.717) is 17.5 Å². The van der Waals surface area contributed by atoms with E-state index in [4.69, 9.17) is 5.11 Å². The Morgan fingerprint density at radius 1 is 1.54 bits per heavy atom. The molecule has 0 amide bonds. The van der Waals surface area contributed by atoms with Crippen molar-refractivity contribution >= 4 is 0 Å². The molecule has 0 aromatic carbocycles. The van der Waals surface area contributed by atoms with Crippen LogP contribution in [0.1, 0.15) is 46.5 Å². The molecule has 0 aliphatic heterocycles. The molecule has 1 aliphatic rings. The van der Waals surface area contributed by atoms with Crippen LogP contribution >= 0.6 is 0 Å². The van der Waals surface area contributed by atoms with E-state index in [1.807, 2.05) is 0 Å². The van der Waals surface area contributed by atoms with Gasteiger partial charge in [-0.2, -0.15) is 0 Å². The molecule has 0 spiro atoms. The molecular weight excluding hydrogens is 162 g/mol. The van der Waals surface area contributed by atoms with Gasteiger partial charge in [-0.15, -0.1) is 0 Å². The Hall–Kier alpha value is -0.0800. The molecule has 1 fully saturated rings. The van der Waals surface area contributed by atoms with E-state index in [-0.39, 0.29) is 6.61 Å². The maximum Gasteiger partial charge on any atom is 0.0584 e. The van der Waals surface area contributed by atoms with Gasteiger partial charge in [0.15, 0.2) is 0 Å². The van der Waals surface area contributed by atoms with Crippen molar-refractivity contribution in [2.75, 3.05) is 6.61 Å². The predicted octanol–water partition coefficient (Wildman–Crippen LogP) is 1.93. The lowest BCUT2D eigenvalue weighted by Gasteiger charge is -2.22. The van der Waals surface area contributed by atoms with Crippen molar-refractivity contribution in [2.45, 2.75) is 58.5 Å². The molecule has 0 bridgehead atoms. The third-order valence-electron chi connectivity index (χ3n) is 3.15. The Morgan fingerprint density at radius 3 is 2.62 bits per heavy atom. The standard InChI is InChI=1S/C11H23NO/c1-4-9(8-13)12-10-5-6-11(2,3)7-10/h9-10,12-13H,4-8H2,1-3H3. The highest BCUT2D eigenvalue weighted by molar-refractivity contribution is 4.87. The number of hydrogen-bond donors (Lipinski definition) is 2. The van der Waals surface area contributed by atoms with Gasteiger partial charge in [-0.05, 0) is 31.1 Å². The van der Waals surface area contributed by atoms with E-state index in [1.54, 1.807) is 0 Å². The van der Waals surface area contributed by atoms with Gasteiger partial charge in [0.1, 0.15) is 0 Å². The van der Waals surface area contributed by atoms with E-state index in [9.17, 15) is 0 Å². The van der Waals surface area contributed by atoms with Crippen LogP contribution in [0.2, 0.25) is 0 Å². The van der Waals surface area contributed by atoms with Gasteiger partial charge >= 0.3 is 0 Å². The molecule has 2 atom stereocenters. The number of hydrogen-bond acceptors (Lipinski definition) is 2. The van der Waals surface area contributed by atoms with Crippen LogP contribution in [-0.2, 0) is 0 Å². The van der Waals surface area contributed by atoms with Crippen LogP contribution < -0.4 is 5.32 Å². The summed E-state index contributed by atoms with van der Waals surface area (Å²) < 4.78 is 0. The lowest BCUT2D eigenvalue weighted by Crippen LogP contribution is -2.39. The van der Waals surface area contributed by atoms with E-state index in [1.165, 1.54) is 19.3 Å². The first-order valence-corrected chi connectivity index (χ1v) is 5.44. The van der Waals surface area contributed by atoms with Crippen molar-refractivity contribution in [3.8, 4) is 0 Å². The quantitative estimate of drug-likeness (QED) is 0.701. The van der Waals surface area contributed by atoms with Gasteiger partial charge < -0.3 is 10.4 Å². The Bertz CT molecular complexity index is 152. The summed E-state index contributed by atoms with van der Waals surface area (Å²) in [6.45, 7) is 7.05. The van der Waals surface area contributed by atoms with Crippen molar-refractivity contribution in [3.63, 3.8) is 0 Å². The van der Waals surface area contributed by atoms with Crippen molar-refractivity contribution in [1.29, 1.82) is 0 Å². The minimum absolute atomic E-state index is 0.271. The third kappa shape index (κ3) is 3.28. The summed E-state index contributed by atoms with van der Waals surface area (Å²) in [7, 11) is 0. The molecule has 1 saturated carbocycles. The maximum atomic E-state index is 9.05. The molecule has 2 nitrogen and oxygen atoms in total. The first-order valence-electron chi connectivity index (χ1n) is 5.44. The van der Waals surface area contributed by atoms with Gasteiger partial charge in [-0.3, -0.25) is 0 Å². The van der Waals surface area contributed by atoms with Crippen LogP contribution in [0.5, 0.6) is 0 Å². The fourth-order valence-electron chi connectivity index (χ4n) is 2.21. The highest BCUT2D eigenvalue weighted by Crippen LogP contribution is 2.37. The van der Waals surface area contributed by atoms with E-state index in [0.717, 1.165) is 6.42 Å². The SMILES string of the molecule is CCC(CO)NC1CCC(C)(C)C1. The van der Waals surface area contributed by atoms with Gasteiger partial charge in [-0.1, -0.05) is 20.8 Å². The number of rotatable bonds is 4. The summed E-state index contributed by atoms with van der Waals surface area (Å²) in [6.07, 6.45) is 4.85. The molecule has 2 N–H and O–H groups in total. The zero-order valence-electron chi connectivity index (χ0n) is 9.14. The maximum absolute atomic E-state index is 9.05. The normalized spacial score (nSPS) is 29.1. The summed E-state index contributed by atoms with van der Waals surface area (Å²) in [4.78, 5) is 0. The summed E-state index contributed by atoms with van der Waals surface area (Å²) in [5.41, 5.74) is 0.505. The molecule has 1 rings (SSSR count). The monoisotopic (exact) mass is 185 g/mol. The second kappa shape index (κ2) is 4.43. The van der Waals surface area contributed by atoms with Crippen molar-refractivity contribution < 1.29 is 5.11 Å². The van der Waals surface area contributed by atoms with Crippen LogP contribution in [0.25, 0.3) is 0 Å². The van der Waals surface area contributed by atoms with Crippen LogP contribution in [-0.4, -0.2) is 23.8 Å². The summed E-state index contributed by atoms with van der Waals surface area (Å²) >= 11 is 0. The molecule has 0 saturated heterocycles. The third-order valence-corrected chi connectivity index (χ3v) is 3.15. The average molecular weight is 185 g/mol. The molecule has 1 aliphatic carbocycles. The molecule has 2 unspecified atom stereocenters.